The number of carbonyl (C=O) groups is 1. The van der Waals surface area contributed by atoms with Gasteiger partial charge in [-0.2, -0.15) is 0 Å². The van der Waals surface area contributed by atoms with Gasteiger partial charge >= 0.3 is 0 Å². The Balaban J connectivity index is 1.41. The van der Waals surface area contributed by atoms with Crippen LogP contribution in [0.4, 0.5) is 5.13 Å². The molecule has 3 heterocycles. The van der Waals surface area contributed by atoms with Crippen LogP contribution in [0, 0.1) is 5.92 Å². The molecule has 0 aliphatic carbocycles. The highest BCUT2D eigenvalue weighted by atomic mass is 32.1. The third-order valence-electron chi connectivity index (χ3n) is 4.62. The number of piperidine rings is 1. The number of fused-ring (bicyclic) bond motifs is 1. The van der Waals surface area contributed by atoms with E-state index in [0.717, 1.165) is 31.1 Å². The Morgan fingerprint density at radius 1 is 1.38 bits per heavy atom. The Labute approximate surface area is 154 Å². The molecule has 1 atom stereocenters. The molecule has 1 amide bonds. The smallest absolute Gasteiger partial charge is 0.287 e. The fourth-order valence-corrected chi connectivity index (χ4v) is 4.00. The Hall–Kier alpha value is -2.67. The second kappa shape index (κ2) is 7.29. The van der Waals surface area contributed by atoms with Crippen molar-refractivity contribution in [3.8, 4) is 0 Å². The topological polar surface area (TPSA) is 75.4 Å². The minimum atomic E-state index is -0.348. The second-order valence-corrected chi connectivity index (χ2v) is 7.32. The van der Waals surface area contributed by atoms with Crippen LogP contribution < -0.4 is 15.6 Å². The molecule has 0 bridgehead atoms. The summed E-state index contributed by atoms with van der Waals surface area (Å²) >= 11 is 1.63. The summed E-state index contributed by atoms with van der Waals surface area (Å²) < 4.78 is 5.59. The summed E-state index contributed by atoms with van der Waals surface area (Å²) in [5.74, 6) is 0.0595. The number of aromatic nitrogens is 1. The normalized spacial score (nSPS) is 17.4. The first-order chi connectivity index (χ1) is 12.7. The lowest BCUT2D eigenvalue weighted by atomic mass is 9.98. The molecule has 4 rings (SSSR count). The van der Waals surface area contributed by atoms with E-state index < -0.39 is 0 Å². The molecule has 1 saturated heterocycles. The molecule has 0 radical (unpaired) electrons. The molecule has 0 saturated carbocycles. The Kier molecular flexibility index (Phi) is 4.71. The number of benzene rings is 1. The van der Waals surface area contributed by atoms with Gasteiger partial charge in [-0.05, 0) is 30.9 Å². The number of hydrogen-bond donors (Lipinski definition) is 1. The number of amides is 1. The summed E-state index contributed by atoms with van der Waals surface area (Å²) in [6.45, 7) is 2.42. The van der Waals surface area contributed by atoms with Crippen LogP contribution in [-0.4, -0.2) is 30.5 Å². The average molecular weight is 369 g/mol. The van der Waals surface area contributed by atoms with Crippen LogP contribution >= 0.6 is 11.3 Å². The maximum Gasteiger partial charge on any atom is 0.287 e. The largest absolute Gasteiger partial charge is 0.451 e. The standard InChI is InChI=1S/C19H19N3O3S/c23-15-10-17(25-16-6-2-1-5-14(15)16)18(24)21-11-13-4-3-8-22(12-13)19-20-7-9-26-19/h1-2,5-7,9-10,13H,3-4,8,11-12H2,(H,21,24). The zero-order valence-corrected chi connectivity index (χ0v) is 15.0. The van der Waals surface area contributed by atoms with Gasteiger partial charge in [0, 0.05) is 37.3 Å². The molecule has 2 aromatic heterocycles. The fourth-order valence-electron chi connectivity index (χ4n) is 3.32. The SMILES string of the molecule is O=C(NCC1CCCN(c2nccs2)C1)c1cc(=O)c2ccccc2o1. The van der Waals surface area contributed by atoms with Gasteiger partial charge in [0.2, 0.25) is 0 Å². The lowest BCUT2D eigenvalue weighted by molar-refractivity contribution is 0.0918. The molecule has 134 valence electrons. The van der Waals surface area contributed by atoms with E-state index in [9.17, 15) is 9.59 Å². The lowest BCUT2D eigenvalue weighted by Gasteiger charge is -2.32. The zero-order valence-electron chi connectivity index (χ0n) is 14.2. The predicted molar refractivity (Wildman–Crippen MR) is 102 cm³/mol. The van der Waals surface area contributed by atoms with Crippen molar-refractivity contribution in [2.45, 2.75) is 12.8 Å². The molecule has 1 aliphatic heterocycles. The van der Waals surface area contributed by atoms with E-state index >= 15 is 0 Å². The van der Waals surface area contributed by atoms with E-state index in [1.165, 1.54) is 6.07 Å². The summed E-state index contributed by atoms with van der Waals surface area (Å²) in [5.41, 5.74) is 0.224. The molecular weight excluding hydrogens is 350 g/mol. The lowest BCUT2D eigenvalue weighted by Crippen LogP contribution is -2.41. The maximum atomic E-state index is 12.4. The van der Waals surface area contributed by atoms with Crippen LogP contribution in [0.15, 0.2) is 51.1 Å². The Morgan fingerprint density at radius 2 is 2.27 bits per heavy atom. The summed E-state index contributed by atoms with van der Waals surface area (Å²) in [5, 5.41) is 6.40. The highest BCUT2D eigenvalue weighted by Crippen LogP contribution is 2.24. The zero-order chi connectivity index (χ0) is 17.9. The summed E-state index contributed by atoms with van der Waals surface area (Å²) in [6, 6.07) is 8.21. The van der Waals surface area contributed by atoms with E-state index in [1.807, 2.05) is 11.6 Å². The summed E-state index contributed by atoms with van der Waals surface area (Å²) in [4.78, 5) is 31.2. The van der Waals surface area contributed by atoms with E-state index in [0.29, 0.717) is 23.4 Å². The predicted octanol–water partition coefficient (Wildman–Crippen LogP) is 2.90. The van der Waals surface area contributed by atoms with Crippen molar-refractivity contribution < 1.29 is 9.21 Å². The first-order valence-corrected chi connectivity index (χ1v) is 9.54. The molecule has 26 heavy (non-hydrogen) atoms. The van der Waals surface area contributed by atoms with Crippen molar-refractivity contribution in [1.29, 1.82) is 0 Å². The van der Waals surface area contributed by atoms with E-state index in [2.05, 4.69) is 15.2 Å². The van der Waals surface area contributed by atoms with Gasteiger partial charge in [-0.25, -0.2) is 4.98 Å². The number of thiazole rings is 1. The van der Waals surface area contributed by atoms with E-state index in [1.54, 1.807) is 35.6 Å². The van der Waals surface area contributed by atoms with Gasteiger partial charge in [0.25, 0.3) is 5.91 Å². The molecule has 1 unspecified atom stereocenters. The number of carbonyl (C=O) groups excluding carboxylic acids is 1. The van der Waals surface area contributed by atoms with E-state index in [4.69, 9.17) is 4.42 Å². The molecule has 0 spiro atoms. The Bertz CT molecular complexity index is 968. The van der Waals surface area contributed by atoms with Crippen LogP contribution in [0.3, 0.4) is 0 Å². The quantitative estimate of drug-likeness (QED) is 0.765. The second-order valence-electron chi connectivity index (χ2n) is 6.45. The summed E-state index contributed by atoms with van der Waals surface area (Å²) in [7, 11) is 0. The third-order valence-corrected chi connectivity index (χ3v) is 5.45. The molecule has 1 aromatic carbocycles. The van der Waals surface area contributed by atoms with Gasteiger partial charge in [-0.15, -0.1) is 11.3 Å². The number of nitrogens with one attached hydrogen (secondary N) is 1. The molecule has 1 N–H and O–H groups in total. The Morgan fingerprint density at radius 3 is 3.12 bits per heavy atom. The number of anilines is 1. The van der Waals surface area contributed by atoms with Crippen molar-refractivity contribution in [2.24, 2.45) is 5.92 Å². The number of nitrogens with zero attached hydrogens (tertiary/aromatic N) is 2. The first-order valence-electron chi connectivity index (χ1n) is 8.66. The average Bonchev–Trinajstić information content (AvgIpc) is 3.21. The molecule has 7 heteroatoms. The third kappa shape index (κ3) is 3.48. The van der Waals surface area contributed by atoms with Crippen LogP contribution in [0.1, 0.15) is 23.4 Å². The molecule has 1 fully saturated rings. The van der Waals surface area contributed by atoms with Crippen molar-refractivity contribution in [3.63, 3.8) is 0 Å². The van der Waals surface area contributed by atoms with E-state index in [-0.39, 0.29) is 17.1 Å². The summed E-state index contributed by atoms with van der Waals surface area (Å²) in [6.07, 6.45) is 3.95. The first kappa shape index (κ1) is 16.8. The fraction of sp³-hybridized carbons (Fsp3) is 0.316. The van der Waals surface area contributed by atoms with Gasteiger partial charge in [-0.3, -0.25) is 9.59 Å². The molecular formula is C19H19N3O3S. The molecule has 6 nitrogen and oxygen atoms in total. The molecule has 3 aromatic rings. The van der Waals surface area contributed by atoms with Gasteiger partial charge in [0.1, 0.15) is 5.58 Å². The number of para-hydroxylation sites is 1. The molecule has 1 aliphatic rings. The highest BCUT2D eigenvalue weighted by Gasteiger charge is 2.22. The number of rotatable bonds is 4. The van der Waals surface area contributed by atoms with Gasteiger partial charge in [0.15, 0.2) is 16.3 Å². The van der Waals surface area contributed by atoms with Crippen LogP contribution in [-0.2, 0) is 0 Å². The van der Waals surface area contributed by atoms with Crippen LogP contribution in [0.5, 0.6) is 0 Å². The van der Waals surface area contributed by atoms with Crippen molar-refractivity contribution in [1.82, 2.24) is 10.3 Å². The van der Waals surface area contributed by atoms with Crippen LogP contribution in [0.2, 0.25) is 0 Å². The van der Waals surface area contributed by atoms with Gasteiger partial charge < -0.3 is 14.6 Å². The van der Waals surface area contributed by atoms with Crippen molar-refractivity contribution in [3.05, 3.63) is 57.9 Å². The van der Waals surface area contributed by atoms with Crippen LogP contribution in [0.25, 0.3) is 11.0 Å². The van der Waals surface area contributed by atoms with Gasteiger partial charge in [0.05, 0.1) is 5.39 Å². The minimum Gasteiger partial charge on any atom is -0.451 e. The minimum absolute atomic E-state index is 0.0567. The van der Waals surface area contributed by atoms with Crippen molar-refractivity contribution >= 4 is 33.3 Å². The van der Waals surface area contributed by atoms with Gasteiger partial charge in [-0.1, -0.05) is 12.1 Å². The monoisotopic (exact) mass is 369 g/mol. The highest BCUT2D eigenvalue weighted by molar-refractivity contribution is 7.13. The van der Waals surface area contributed by atoms with Crippen molar-refractivity contribution in [2.75, 3.05) is 24.5 Å². The maximum absolute atomic E-state index is 12.4. The number of hydrogen-bond acceptors (Lipinski definition) is 6.